The van der Waals surface area contributed by atoms with E-state index in [9.17, 15) is 12.8 Å². The van der Waals surface area contributed by atoms with Gasteiger partial charge in [-0.05, 0) is 31.5 Å². The van der Waals surface area contributed by atoms with Crippen LogP contribution in [0.15, 0.2) is 24.4 Å². The van der Waals surface area contributed by atoms with E-state index in [-0.39, 0.29) is 17.6 Å². The Morgan fingerprint density at radius 2 is 2.00 bits per heavy atom. The average molecular weight is 269 g/mol. The van der Waals surface area contributed by atoms with Crippen LogP contribution in [0.2, 0.25) is 0 Å². The number of halogens is 1. The van der Waals surface area contributed by atoms with Gasteiger partial charge in [-0.2, -0.15) is 0 Å². The lowest BCUT2D eigenvalue weighted by Crippen LogP contribution is -2.01. The second-order valence-electron chi connectivity index (χ2n) is 4.86. The number of benzene rings is 1. The second kappa shape index (κ2) is 4.39. The molecule has 3 nitrogen and oxygen atoms in total. The highest BCUT2D eigenvalue weighted by atomic mass is 32.2. The summed E-state index contributed by atoms with van der Waals surface area (Å²) in [6.45, 7) is 3.96. The topological polar surface area (TPSA) is 39.1 Å². The van der Waals surface area contributed by atoms with Crippen LogP contribution in [0.3, 0.4) is 0 Å². The van der Waals surface area contributed by atoms with Gasteiger partial charge in [-0.3, -0.25) is 0 Å². The molecular weight excluding hydrogens is 253 g/mol. The summed E-state index contributed by atoms with van der Waals surface area (Å²) in [5.74, 6) is -0.505. The smallest absolute Gasteiger partial charge is 0.151 e. The molecule has 1 aromatic carbocycles. The van der Waals surface area contributed by atoms with E-state index in [1.807, 2.05) is 24.5 Å². The summed E-state index contributed by atoms with van der Waals surface area (Å²) in [5.41, 5.74) is 1.27. The van der Waals surface area contributed by atoms with Gasteiger partial charge in [0.2, 0.25) is 0 Å². The lowest BCUT2D eigenvalue weighted by Gasteiger charge is -2.08. The Morgan fingerprint density at radius 1 is 1.33 bits per heavy atom. The van der Waals surface area contributed by atoms with Crippen LogP contribution in [0.5, 0.6) is 0 Å². The molecule has 98 valence electrons. The molecule has 0 fully saturated rings. The Balaban J connectivity index is 2.74. The molecular formula is C13H16FNO2S. The zero-order valence-electron chi connectivity index (χ0n) is 10.6. The zero-order valence-corrected chi connectivity index (χ0v) is 11.5. The van der Waals surface area contributed by atoms with E-state index in [2.05, 4.69) is 0 Å². The van der Waals surface area contributed by atoms with Crippen molar-refractivity contribution in [1.82, 2.24) is 4.57 Å². The van der Waals surface area contributed by atoms with Crippen LogP contribution in [0.25, 0.3) is 10.9 Å². The second-order valence-corrected chi connectivity index (χ2v) is 7.00. The molecule has 0 saturated carbocycles. The number of sulfone groups is 1. The largest absolute Gasteiger partial charge is 0.345 e. The highest BCUT2D eigenvalue weighted by Crippen LogP contribution is 2.28. The van der Waals surface area contributed by atoms with Crippen molar-refractivity contribution >= 4 is 20.7 Å². The number of hydrogen-bond donors (Lipinski definition) is 0. The Morgan fingerprint density at radius 3 is 2.56 bits per heavy atom. The van der Waals surface area contributed by atoms with Crippen LogP contribution in [-0.2, 0) is 15.6 Å². The van der Waals surface area contributed by atoms with Crippen molar-refractivity contribution in [3.05, 3.63) is 35.8 Å². The number of hydrogen-bond acceptors (Lipinski definition) is 2. The minimum absolute atomic E-state index is 0.135. The highest BCUT2D eigenvalue weighted by Gasteiger charge is 2.17. The summed E-state index contributed by atoms with van der Waals surface area (Å²) in [7, 11) is -3.18. The van der Waals surface area contributed by atoms with Crippen LogP contribution >= 0.6 is 0 Å². The normalized spacial score (nSPS) is 12.5. The predicted octanol–water partition coefficient (Wildman–Crippen LogP) is 2.91. The van der Waals surface area contributed by atoms with Gasteiger partial charge in [0.25, 0.3) is 0 Å². The molecule has 0 bridgehead atoms. The fourth-order valence-electron chi connectivity index (χ4n) is 2.17. The molecule has 0 atom stereocenters. The summed E-state index contributed by atoms with van der Waals surface area (Å²) in [4.78, 5) is 0. The van der Waals surface area contributed by atoms with Crippen LogP contribution in [0.4, 0.5) is 4.39 Å². The Bertz CT molecular complexity index is 686. The van der Waals surface area contributed by atoms with E-state index < -0.39 is 9.84 Å². The molecule has 0 unspecified atom stereocenters. The first-order valence-corrected chi connectivity index (χ1v) is 7.81. The zero-order chi connectivity index (χ0) is 13.5. The first-order chi connectivity index (χ1) is 8.29. The summed E-state index contributed by atoms with van der Waals surface area (Å²) in [6.07, 6.45) is 2.89. The third-order valence-electron chi connectivity index (χ3n) is 2.86. The Hall–Kier alpha value is -1.36. The van der Waals surface area contributed by atoms with Gasteiger partial charge < -0.3 is 4.57 Å². The summed E-state index contributed by atoms with van der Waals surface area (Å²) in [5, 5.41) is 0.414. The molecule has 2 rings (SSSR count). The fourth-order valence-corrected chi connectivity index (χ4v) is 2.95. The molecule has 5 heteroatoms. The van der Waals surface area contributed by atoms with Crippen molar-refractivity contribution in [3.8, 4) is 0 Å². The Kier molecular flexibility index (Phi) is 3.19. The molecule has 0 saturated heterocycles. The summed E-state index contributed by atoms with van der Waals surface area (Å²) >= 11 is 0. The molecule has 0 radical (unpaired) electrons. The maximum atomic E-state index is 13.9. The molecule has 0 aliphatic carbocycles. The van der Waals surface area contributed by atoms with Crippen LogP contribution in [0.1, 0.15) is 25.5 Å². The van der Waals surface area contributed by atoms with Crippen molar-refractivity contribution < 1.29 is 12.8 Å². The van der Waals surface area contributed by atoms with Crippen LogP contribution in [-0.4, -0.2) is 19.2 Å². The van der Waals surface area contributed by atoms with Gasteiger partial charge in [-0.25, -0.2) is 12.8 Å². The van der Waals surface area contributed by atoms with E-state index >= 15 is 0 Å². The van der Waals surface area contributed by atoms with Crippen molar-refractivity contribution in [3.63, 3.8) is 0 Å². The van der Waals surface area contributed by atoms with E-state index in [0.717, 1.165) is 11.8 Å². The SMILES string of the molecule is CC(C)n1cc(CS(C)(=O)=O)c2c(F)cccc21. The number of fused-ring (bicyclic) bond motifs is 1. The third kappa shape index (κ3) is 2.41. The monoisotopic (exact) mass is 269 g/mol. The quantitative estimate of drug-likeness (QED) is 0.859. The molecule has 0 spiro atoms. The molecule has 1 aromatic heterocycles. The van der Waals surface area contributed by atoms with Gasteiger partial charge in [-0.1, -0.05) is 6.07 Å². The van der Waals surface area contributed by atoms with Gasteiger partial charge in [0, 0.05) is 23.9 Å². The lowest BCUT2D eigenvalue weighted by molar-refractivity contribution is 0.600. The minimum Gasteiger partial charge on any atom is -0.345 e. The molecule has 0 N–H and O–H groups in total. The maximum absolute atomic E-state index is 13.9. The van der Waals surface area contributed by atoms with Crippen molar-refractivity contribution in [2.45, 2.75) is 25.6 Å². The standard InChI is InChI=1S/C13H16FNO2S/c1-9(2)15-7-10(8-18(3,16)17)13-11(14)5-4-6-12(13)15/h4-7,9H,8H2,1-3H3. The number of nitrogens with zero attached hydrogens (tertiary/aromatic N) is 1. The first kappa shape index (κ1) is 13.1. The molecule has 0 aliphatic rings. The van der Waals surface area contributed by atoms with Crippen LogP contribution in [0, 0.1) is 5.82 Å². The molecule has 2 aromatic rings. The molecule has 1 heterocycles. The number of aromatic nitrogens is 1. The highest BCUT2D eigenvalue weighted by molar-refractivity contribution is 7.89. The van der Waals surface area contributed by atoms with Crippen molar-refractivity contribution in [1.29, 1.82) is 0 Å². The van der Waals surface area contributed by atoms with Crippen LogP contribution < -0.4 is 0 Å². The van der Waals surface area contributed by atoms with Crippen molar-refractivity contribution in [2.75, 3.05) is 6.26 Å². The van der Waals surface area contributed by atoms with Gasteiger partial charge in [0.15, 0.2) is 9.84 Å². The van der Waals surface area contributed by atoms with Gasteiger partial charge in [-0.15, -0.1) is 0 Å². The lowest BCUT2D eigenvalue weighted by atomic mass is 10.2. The molecule has 0 amide bonds. The molecule has 0 aliphatic heterocycles. The van der Waals surface area contributed by atoms with Gasteiger partial charge in [0.1, 0.15) is 5.82 Å². The summed E-state index contributed by atoms with van der Waals surface area (Å²) in [6, 6.07) is 4.96. The maximum Gasteiger partial charge on any atom is 0.151 e. The van der Waals surface area contributed by atoms with E-state index in [4.69, 9.17) is 0 Å². The van der Waals surface area contributed by atoms with E-state index in [1.165, 1.54) is 6.07 Å². The predicted molar refractivity (Wildman–Crippen MR) is 70.8 cm³/mol. The minimum atomic E-state index is -3.18. The third-order valence-corrected chi connectivity index (χ3v) is 3.70. The average Bonchev–Trinajstić information content (AvgIpc) is 2.56. The van der Waals surface area contributed by atoms with Crippen molar-refractivity contribution in [2.24, 2.45) is 0 Å². The van der Waals surface area contributed by atoms with E-state index in [0.29, 0.717) is 10.9 Å². The number of rotatable bonds is 3. The van der Waals surface area contributed by atoms with Gasteiger partial charge >= 0.3 is 0 Å². The molecule has 18 heavy (non-hydrogen) atoms. The summed E-state index contributed by atoms with van der Waals surface area (Å²) < 4.78 is 38.6. The van der Waals surface area contributed by atoms with E-state index in [1.54, 1.807) is 12.3 Å². The first-order valence-electron chi connectivity index (χ1n) is 5.75. The fraction of sp³-hybridized carbons (Fsp3) is 0.385. The van der Waals surface area contributed by atoms with Gasteiger partial charge in [0.05, 0.1) is 11.3 Å². The Labute approximate surface area is 106 Å².